The second-order valence-electron chi connectivity index (χ2n) is 7.32. The fraction of sp³-hybridized carbons (Fsp3) is 0.667. The van der Waals surface area contributed by atoms with Crippen LogP contribution in [0.2, 0.25) is 0 Å². The number of rotatable bonds is 4. The minimum Gasteiger partial charge on any atom is -0.444 e. The third-order valence-corrected chi connectivity index (χ3v) is 4.15. The van der Waals surface area contributed by atoms with E-state index >= 15 is 0 Å². The summed E-state index contributed by atoms with van der Waals surface area (Å²) in [7, 11) is 0. The highest BCUT2D eigenvalue weighted by Crippen LogP contribution is 2.25. The molecule has 23 heavy (non-hydrogen) atoms. The van der Waals surface area contributed by atoms with Gasteiger partial charge in [-0.15, -0.1) is 0 Å². The fourth-order valence-corrected chi connectivity index (χ4v) is 2.97. The van der Waals surface area contributed by atoms with Crippen molar-refractivity contribution in [3.05, 3.63) is 30.1 Å². The number of pyridine rings is 1. The third kappa shape index (κ3) is 5.82. The van der Waals surface area contributed by atoms with Crippen molar-refractivity contribution >= 4 is 6.09 Å². The summed E-state index contributed by atoms with van der Waals surface area (Å²) in [6, 6.07) is 6.36. The molecule has 1 aromatic heterocycles. The first-order valence-corrected chi connectivity index (χ1v) is 8.47. The highest BCUT2D eigenvalue weighted by molar-refractivity contribution is 5.67. The van der Waals surface area contributed by atoms with Gasteiger partial charge in [-0.1, -0.05) is 6.07 Å². The van der Waals surface area contributed by atoms with Crippen molar-refractivity contribution in [1.29, 1.82) is 0 Å². The first-order valence-electron chi connectivity index (χ1n) is 8.47. The third-order valence-electron chi connectivity index (χ3n) is 4.15. The minimum atomic E-state index is -0.448. The Kier molecular flexibility index (Phi) is 5.99. The van der Waals surface area contributed by atoms with E-state index in [1.807, 2.05) is 39.1 Å². The molecule has 0 spiro atoms. The van der Waals surface area contributed by atoms with Gasteiger partial charge >= 0.3 is 6.09 Å². The Balaban J connectivity index is 1.83. The first kappa shape index (κ1) is 17.7. The van der Waals surface area contributed by atoms with E-state index in [9.17, 15) is 4.79 Å². The number of aromatic nitrogens is 1. The molecule has 0 radical (unpaired) electrons. The molecule has 1 aromatic rings. The van der Waals surface area contributed by atoms with E-state index < -0.39 is 5.60 Å². The van der Waals surface area contributed by atoms with Gasteiger partial charge in [0.25, 0.3) is 0 Å². The van der Waals surface area contributed by atoms with Crippen molar-refractivity contribution in [3.63, 3.8) is 0 Å². The number of amides is 1. The lowest BCUT2D eigenvalue weighted by molar-refractivity contribution is 0.0500. The molecule has 0 unspecified atom stereocenters. The van der Waals surface area contributed by atoms with Crippen LogP contribution < -0.4 is 5.32 Å². The monoisotopic (exact) mass is 319 g/mol. The summed E-state index contributed by atoms with van der Waals surface area (Å²) in [5.41, 5.74) is 0.657. The van der Waals surface area contributed by atoms with Crippen molar-refractivity contribution < 1.29 is 9.53 Å². The number of hydrogen-bond acceptors (Lipinski definition) is 4. The number of ether oxygens (including phenoxy) is 1. The number of likely N-dealkylation sites (tertiary alicyclic amines) is 1. The average molecular weight is 319 g/mol. The molecule has 1 aliphatic heterocycles. The Hall–Kier alpha value is -1.62. The highest BCUT2D eigenvalue weighted by atomic mass is 16.6. The van der Waals surface area contributed by atoms with E-state index in [-0.39, 0.29) is 6.09 Å². The summed E-state index contributed by atoms with van der Waals surface area (Å²) < 4.78 is 5.30. The van der Waals surface area contributed by atoms with Gasteiger partial charge in [-0.3, -0.25) is 9.88 Å². The van der Waals surface area contributed by atoms with Crippen LogP contribution in [0.5, 0.6) is 0 Å². The molecule has 5 heteroatoms. The van der Waals surface area contributed by atoms with Crippen molar-refractivity contribution in [2.45, 2.75) is 52.2 Å². The summed E-state index contributed by atoms with van der Waals surface area (Å²) in [5, 5.41) is 2.90. The van der Waals surface area contributed by atoms with Gasteiger partial charge in [0.1, 0.15) is 5.60 Å². The minimum absolute atomic E-state index is 0.306. The smallest absolute Gasteiger partial charge is 0.407 e. The summed E-state index contributed by atoms with van der Waals surface area (Å²) in [4.78, 5) is 18.7. The normalized spacial score (nSPS) is 20.8. The maximum atomic E-state index is 11.8. The van der Waals surface area contributed by atoms with E-state index in [0.717, 1.165) is 31.6 Å². The molecule has 1 N–H and O–H groups in total. The zero-order valence-electron chi connectivity index (χ0n) is 14.7. The van der Waals surface area contributed by atoms with Crippen LogP contribution in [0.3, 0.4) is 0 Å². The van der Waals surface area contributed by atoms with Crippen LogP contribution in [0.25, 0.3) is 0 Å². The number of carbonyl (C=O) groups excluding carboxylic acids is 1. The van der Waals surface area contributed by atoms with E-state index in [1.165, 1.54) is 0 Å². The molecule has 128 valence electrons. The van der Waals surface area contributed by atoms with Crippen molar-refractivity contribution in [2.75, 3.05) is 19.6 Å². The SMILES string of the molecule is C[C@H](c1ccccn1)N1CCC[C@@H](CNC(=O)OC(C)(C)C)C1. The van der Waals surface area contributed by atoms with Gasteiger partial charge in [0.05, 0.1) is 5.69 Å². The number of alkyl carbamates (subject to hydrolysis) is 1. The highest BCUT2D eigenvalue weighted by Gasteiger charge is 2.25. The van der Waals surface area contributed by atoms with Gasteiger partial charge in [-0.2, -0.15) is 0 Å². The van der Waals surface area contributed by atoms with Crippen molar-refractivity contribution in [3.8, 4) is 0 Å². The quantitative estimate of drug-likeness (QED) is 0.924. The Morgan fingerprint density at radius 2 is 2.26 bits per heavy atom. The molecule has 5 nitrogen and oxygen atoms in total. The predicted molar refractivity (Wildman–Crippen MR) is 91.2 cm³/mol. The fourth-order valence-electron chi connectivity index (χ4n) is 2.97. The topological polar surface area (TPSA) is 54.5 Å². The second kappa shape index (κ2) is 7.77. The number of nitrogens with one attached hydrogen (secondary N) is 1. The summed E-state index contributed by atoms with van der Waals surface area (Å²) in [5.74, 6) is 0.461. The average Bonchev–Trinajstić information content (AvgIpc) is 2.52. The predicted octanol–water partition coefficient (Wildman–Crippen LogP) is 3.38. The van der Waals surface area contributed by atoms with Crippen LogP contribution in [0, 0.1) is 5.92 Å². The first-order chi connectivity index (χ1) is 10.8. The van der Waals surface area contributed by atoms with Gasteiger partial charge < -0.3 is 10.1 Å². The molecule has 2 rings (SSSR count). The van der Waals surface area contributed by atoms with Gasteiger partial charge in [-0.05, 0) is 65.1 Å². The molecule has 1 aliphatic rings. The number of piperidine rings is 1. The maximum Gasteiger partial charge on any atom is 0.407 e. The molecule has 0 bridgehead atoms. The molecule has 2 heterocycles. The summed E-state index contributed by atoms with van der Waals surface area (Å²) in [6.07, 6.45) is 3.81. The lowest BCUT2D eigenvalue weighted by atomic mass is 9.96. The van der Waals surface area contributed by atoms with Crippen LogP contribution in [-0.4, -0.2) is 41.2 Å². The van der Waals surface area contributed by atoms with Crippen LogP contribution in [0.1, 0.15) is 52.3 Å². The zero-order chi connectivity index (χ0) is 16.9. The molecule has 0 aromatic carbocycles. The van der Waals surface area contributed by atoms with E-state index in [4.69, 9.17) is 4.74 Å². The Morgan fingerprint density at radius 3 is 2.91 bits per heavy atom. The molecular formula is C18H29N3O2. The van der Waals surface area contributed by atoms with E-state index in [1.54, 1.807) is 0 Å². The van der Waals surface area contributed by atoms with Crippen LogP contribution >= 0.6 is 0 Å². The zero-order valence-corrected chi connectivity index (χ0v) is 14.7. The van der Waals surface area contributed by atoms with Crippen LogP contribution in [0.4, 0.5) is 4.79 Å². The van der Waals surface area contributed by atoms with E-state index in [2.05, 4.69) is 28.2 Å². The molecule has 1 saturated heterocycles. The summed E-state index contributed by atoms with van der Waals surface area (Å²) >= 11 is 0. The molecule has 0 saturated carbocycles. The van der Waals surface area contributed by atoms with Crippen molar-refractivity contribution in [1.82, 2.24) is 15.2 Å². The van der Waals surface area contributed by atoms with Gasteiger partial charge in [0.2, 0.25) is 0 Å². The number of hydrogen-bond donors (Lipinski definition) is 1. The van der Waals surface area contributed by atoms with Crippen molar-refractivity contribution in [2.24, 2.45) is 5.92 Å². The standard InChI is InChI=1S/C18H29N3O2/c1-14(16-9-5-6-10-19-16)21-11-7-8-15(13-21)12-20-17(22)23-18(2,3)4/h5-6,9-10,14-15H,7-8,11-13H2,1-4H3,(H,20,22)/t14-,15+/m1/s1. The lowest BCUT2D eigenvalue weighted by Crippen LogP contribution is -2.43. The molecule has 2 atom stereocenters. The Labute approximate surface area is 139 Å². The Bertz CT molecular complexity index is 499. The number of nitrogens with zero attached hydrogens (tertiary/aromatic N) is 2. The Morgan fingerprint density at radius 1 is 1.48 bits per heavy atom. The second-order valence-corrected chi connectivity index (χ2v) is 7.32. The molecular weight excluding hydrogens is 290 g/mol. The van der Waals surface area contributed by atoms with Gasteiger partial charge in [-0.25, -0.2) is 4.79 Å². The summed E-state index contributed by atoms with van der Waals surface area (Å²) in [6.45, 7) is 10.6. The maximum absolute atomic E-state index is 11.8. The lowest BCUT2D eigenvalue weighted by Gasteiger charge is -2.36. The molecule has 0 aliphatic carbocycles. The molecule has 1 fully saturated rings. The number of carbonyl (C=O) groups is 1. The molecule has 1 amide bonds. The largest absolute Gasteiger partial charge is 0.444 e. The van der Waals surface area contributed by atoms with E-state index in [0.29, 0.717) is 18.5 Å². The van der Waals surface area contributed by atoms with Crippen LogP contribution in [0.15, 0.2) is 24.4 Å². The van der Waals surface area contributed by atoms with Crippen LogP contribution in [-0.2, 0) is 4.74 Å². The van der Waals surface area contributed by atoms with Gasteiger partial charge in [0.15, 0.2) is 0 Å². The van der Waals surface area contributed by atoms with Gasteiger partial charge in [0, 0.05) is 25.3 Å².